The van der Waals surface area contributed by atoms with Gasteiger partial charge in [0.25, 0.3) is 0 Å². The minimum atomic E-state index is 0.141. The second-order valence-corrected chi connectivity index (χ2v) is 3.71. The molecule has 0 amide bonds. The van der Waals surface area contributed by atoms with Crippen LogP contribution in [-0.2, 0) is 0 Å². The van der Waals surface area contributed by atoms with Crippen LogP contribution < -0.4 is 11.1 Å². The van der Waals surface area contributed by atoms with Crippen molar-refractivity contribution in [2.45, 2.75) is 26.3 Å². The third kappa shape index (κ3) is 3.89. The molecule has 0 aromatic heterocycles. The number of aryl methyl sites for hydroxylation is 1. The van der Waals surface area contributed by atoms with Gasteiger partial charge in [-0.1, -0.05) is 17.3 Å². The van der Waals surface area contributed by atoms with Crippen molar-refractivity contribution in [3.63, 3.8) is 0 Å². The lowest BCUT2D eigenvalue weighted by Gasteiger charge is -2.14. The molecule has 15 heavy (non-hydrogen) atoms. The van der Waals surface area contributed by atoms with Crippen molar-refractivity contribution >= 4 is 11.5 Å². The van der Waals surface area contributed by atoms with Crippen LogP contribution in [-0.4, -0.2) is 17.1 Å². The molecule has 0 radical (unpaired) electrons. The maximum absolute atomic E-state index is 8.43. The smallest absolute Gasteiger partial charge is 0.141 e. The maximum Gasteiger partial charge on any atom is 0.141 e. The van der Waals surface area contributed by atoms with E-state index >= 15 is 0 Å². The van der Waals surface area contributed by atoms with E-state index in [2.05, 4.69) is 16.5 Å². The topological polar surface area (TPSA) is 70.6 Å². The van der Waals surface area contributed by atoms with Crippen molar-refractivity contribution in [3.8, 4) is 0 Å². The first kappa shape index (κ1) is 11.4. The van der Waals surface area contributed by atoms with Gasteiger partial charge in [0, 0.05) is 18.2 Å². The molecule has 0 aliphatic heterocycles. The minimum absolute atomic E-state index is 0.141. The third-order valence-corrected chi connectivity index (χ3v) is 2.07. The number of anilines is 1. The molecule has 0 saturated heterocycles. The molecule has 4 heteroatoms. The molecule has 1 aromatic rings. The van der Waals surface area contributed by atoms with Crippen LogP contribution in [0.2, 0.25) is 0 Å². The number of nitrogens with zero attached hydrogens (tertiary/aromatic N) is 1. The Bertz CT molecular complexity index is 349. The van der Waals surface area contributed by atoms with Gasteiger partial charge in [0.15, 0.2) is 0 Å². The molecule has 4 nitrogen and oxygen atoms in total. The number of amidine groups is 1. The monoisotopic (exact) mass is 207 g/mol. The van der Waals surface area contributed by atoms with Gasteiger partial charge in [-0.05, 0) is 31.5 Å². The first-order chi connectivity index (χ1) is 7.11. The summed E-state index contributed by atoms with van der Waals surface area (Å²) in [5, 5.41) is 14.6. The van der Waals surface area contributed by atoms with Crippen LogP contribution in [0.4, 0.5) is 5.69 Å². The Labute approximate surface area is 89.8 Å². The van der Waals surface area contributed by atoms with E-state index in [9.17, 15) is 0 Å². The quantitative estimate of drug-likeness (QED) is 0.306. The van der Waals surface area contributed by atoms with Crippen LogP contribution >= 0.6 is 0 Å². The average molecular weight is 207 g/mol. The van der Waals surface area contributed by atoms with E-state index in [-0.39, 0.29) is 11.9 Å². The molecule has 4 N–H and O–H groups in total. The highest BCUT2D eigenvalue weighted by Gasteiger charge is 2.04. The molecule has 0 fully saturated rings. The van der Waals surface area contributed by atoms with E-state index in [1.54, 1.807) is 0 Å². The molecule has 1 unspecified atom stereocenters. The number of hydrogen-bond donors (Lipinski definition) is 3. The zero-order chi connectivity index (χ0) is 11.3. The molecule has 0 bridgehead atoms. The van der Waals surface area contributed by atoms with Gasteiger partial charge in [0.2, 0.25) is 0 Å². The van der Waals surface area contributed by atoms with Gasteiger partial charge in [0.1, 0.15) is 5.84 Å². The molecule has 0 spiro atoms. The Morgan fingerprint density at radius 1 is 1.60 bits per heavy atom. The average Bonchev–Trinajstić information content (AvgIpc) is 2.17. The van der Waals surface area contributed by atoms with Crippen molar-refractivity contribution in [1.82, 2.24) is 0 Å². The Hall–Kier alpha value is -1.71. The summed E-state index contributed by atoms with van der Waals surface area (Å²) < 4.78 is 0. The Kier molecular flexibility index (Phi) is 3.97. The summed E-state index contributed by atoms with van der Waals surface area (Å²) in [6.45, 7) is 4.03. The van der Waals surface area contributed by atoms with E-state index in [0.29, 0.717) is 6.42 Å². The molecular formula is C11H17N3O. The summed E-state index contributed by atoms with van der Waals surface area (Å²) in [5.74, 6) is 0.239. The van der Waals surface area contributed by atoms with Gasteiger partial charge in [0.05, 0.1) is 0 Å². The lowest BCUT2D eigenvalue weighted by Crippen LogP contribution is -2.24. The predicted octanol–water partition coefficient (Wildman–Crippen LogP) is 1.93. The normalized spacial score (nSPS) is 13.6. The lowest BCUT2D eigenvalue weighted by atomic mass is 10.2. The van der Waals surface area contributed by atoms with Gasteiger partial charge in [-0.2, -0.15) is 0 Å². The number of rotatable bonds is 4. The first-order valence-electron chi connectivity index (χ1n) is 4.91. The number of nitrogens with one attached hydrogen (secondary N) is 1. The summed E-state index contributed by atoms with van der Waals surface area (Å²) in [5.41, 5.74) is 7.67. The van der Waals surface area contributed by atoms with E-state index in [1.807, 2.05) is 32.0 Å². The highest BCUT2D eigenvalue weighted by atomic mass is 16.4. The van der Waals surface area contributed by atoms with E-state index in [4.69, 9.17) is 10.9 Å². The zero-order valence-electron chi connectivity index (χ0n) is 9.07. The molecule has 1 aromatic carbocycles. The van der Waals surface area contributed by atoms with Crippen LogP contribution in [0, 0.1) is 6.92 Å². The fourth-order valence-electron chi connectivity index (χ4n) is 1.42. The molecular weight excluding hydrogens is 190 g/mol. The molecule has 0 heterocycles. The second-order valence-electron chi connectivity index (χ2n) is 3.71. The summed E-state index contributed by atoms with van der Waals surface area (Å²) in [6.07, 6.45) is 0.518. The summed E-state index contributed by atoms with van der Waals surface area (Å²) >= 11 is 0. The highest BCUT2D eigenvalue weighted by molar-refractivity contribution is 5.80. The fraction of sp³-hybridized carbons (Fsp3) is 0.364. The molecule has 1 atom stereocenters. The standard InChI is InChI=1S/C11H17N3O/c1-8-4-3-5-10(6-8)13-9(2)7-11(12)14-15/h3-6,9,13,15H,7H2,1-2H3,(H2,12,14). The van der Waals surface area contributed by atoms with Gasteiger partial charge < -0.3 is 16.3 Å². The van der Waals surface area contributed by atoms with Crippen LogP contribution in [0.5, 0.6) is 0 Å². The molecule has 1 rings (SSSR count). The Balaban J connectivity index is 2.55. The van der Waals surface area contributed by atoms with Crippen molar-refractivity contribution in [1.29, 1.82) is 0 Å². The van der Waals surface area contributed by atoms with Crippen molar-refractivity contribution in [2.75, 3.05) is 5.32 Å². The largest absolute Gasteiger partial charge is 0.409 e. The van der Waals surface area contributed by atoms with Crippen molar-refractivity contribution < 1.29 is 5.21 Å². The maximum atomic E-state index is 8.43. The van der Waals surface area contributed by atoms with Gasteiger partial charge in [-0.15, -0.1) is 0 Å². The first-order valence-corrected chi connectivity index (χ1v) is 4.91. The van der Waals surface area contributed by atoms with Gasteiger partial charge in [-0.25, -0.2) is 0 Å². The summed E-state index contributed by atoms with van der Waals surface area (Å²) in [4.78, 5) is 0. The number of oxime groups is 1. The molecule has 0 aliphatic carbocycles. The number of benzene rings is 1. The molecule has 0 aliphatic rings. The Morgan fingerprint density at radius 3 is 2.93 bits per heavy atom. The van der Waals surface area contributed by atoms with Crippen molar-refractivity contribution in [2.24, 2.45) is 10.9 Å². The third-order valence-electron chi connectivity index (χ3n) is 2.07. The van der Waals surface area contributed by atoms with E-state index < -0.39 is 0 Å². The van der Waals surface area contributed by atoms with E-state index in [0.717, 1.165) is 5.69 Å². The SMILES string of the molecule is Cc1cccc(NC(C)CC(N)=NO)c1. The molecule has 82 valence electrons. The summed E-state index contributed by atoms with van der Waals surface area (Å²) in [7, 11) is 0. The van der Waals surface area contributed by atoms with E-state index in [1.165, 1.54) is 5.56 Å². The predicted molar refractivity (Wildman–Crippen MR) is 62.3 cm³/mol. The van der Waals surface area contributed by atoms with Crippen molar-refractivity contribution in [3.05, 3.63) is 29.8 Å². The highest BCUT2D eigenvalue weighted by Crippen LogP contribution is 2.11. The minimum Gasteiger partial charge on any atom is -0.409 e. The van der Waals surface area contributed by atoms with Crippen LogP contribution in [0.15, 0.2) is 29.4 Å². The Morgan fingerprint density at radius 2 is 2.33 bits per heavy atom. The second kappa shape index (κ2) is 5.24. The lowest BCUT2D eigenvalue weighted by molar-refractivity contribution is 0.316. The zero-order valence-corrected chi connectivity index (χ0v) is 9.07. The fourth-order valence-corrected chi connectivity index (χ4v) is 1.42. The van der Waals surface area contributed by atoms with Crippen LogP contribution in [0.25, 0.3) is 0 Å². The van der Waals surface area contributed by atoms with Gasteiger partial charge >= 0.3 is 0 Å². The number of nitrogens with two attached hydrogens (primary N) is 1. The van der Waals surface area contributed by atoms with Crippen LogP contribution in [0.1, 0.15) is 18.9 Å². The number of hydrogen-bond acceptors (Lipinski definition) is 3. The van der Waals surface area contributed by atoms with Gasteiger partial charge in [-0.3, -0.25) is 0 Å². The molecule has 0 saturated carbocycles. The van der Waals surface area contributed by atoms with Crippen LogP contribution in [0.3, 0.4) is 0 Å². The summed E-state index contributed by atoms with van der Waals surface area (Å²) in [6, 6.07) is 8.23.